The summed E-state index contributed by atoms with van der Waals surface area (Å²) in [5, 5.41) is 20.2. The van der Waals surface area contributed by atoms with Crippen LogP contribution in [-0.4, -0.2) is 28.6 Å². The molecule has 2 N–H and O–H groups in total. The van der Waals surface area contributed by atoms with Crippen molar-refractivity contribution >= 4 is 5.91 Å². The Balaban J connectivity index is 2.66. The predicted octanol–water partition coefficient (Wildman–Crippen LogP) is 1.35. The Morgan fingerprint density at radius 3 is 2.59 bits per heavy atom. The molecule has 0 radical (unpaired) electrons. The first-order chi connectivity index (χ1) is 7.87. The lowest BCUT2D eigenvalue weighted by Gasteiger charge is -2.41. The highest BCUT2D eigenvalue weighted by atomic mass is 19.3. The zero-order valence-electron chi connectivity index (χ0n) is 9.67. The second kappa shape index (κ2) is 4.96. The van der Waals surface area contributed by atoms with Gasteiger partial charge in [-0.25, -0.2) is 0 Å². The van der Waals surface area contributed by atoms with E-state index in [2.05, 4.69) is 0 Å². The molecule has 96 valence electrons. The van der Waals surface area contributed by atoms with Crippen LogP contribution in [0.3, 0.4) is 0 Å². The van der Waals surface area contributed by atoms with E-state index in [0.717, 1.165) is 0 Å². The standard InChI is InChI=1S/C11H16F2N2O2/c1-2-4-8(7-14)15-9(16)11(12,13)10(17)5-3-6-10/h8,17H,2-6H2,1H3,(H,15,16). The number of hydrogen-bond donors (Lipinski definition) is 2. The Kier molecular flexibility index (Phi) is 4.04. The van der Waals surface area contributed by atoms with Gasteiger partial charge in [0.15, 0.2) is 0 Å². The number of halogens is 2. The van der Waals surface area contributed by atoms with Crippen molar-refractivity contribution in [3.63, 3.8) is 0 Å². The van der Waals surface area contributed by atoms with E-state index < -0.39 is 23.5 Å². The van der Waals surface area contributed by atoms with E-state index in [1.54, 1.807) is 13.0 Å². The first-order valence-electron chi connectivity index (χ1n) is 5.68. The van der Waals surface area contributed by atoms with Crippen molar-refractivity contribution in [1.29, 1.82) is 5.26 Å². The molecule has 1 amide bonds. The fourth-order valence-electron chi connectivity index (χ4n) is 1.74. The maximum absolute atomic E-state index is 13.6. The summed E-state index contributed by atoms with van der Waals surface area (Å²) in [6.07, 6.45) is 1.23. The fourth-order valence-corrected chi connectivity index (χ4v) is 1.74. The second-order valence-electron chi connectivity index (χ2n) is 4.40. The molecule has 1 aliphatic carbocycles. The lowest BCUT2D eigenvalue weighted by molar-refractivity contribution is -0.216. The van der Waals surface area contributed by atoms with E-state index in [1.807, 2.05) is 5.32 Å². The Hall–Kier alpha value is -1.22. The van der Waals surface area contributed by atoms with Crippen molar-refractivity contribution in [2.75, 3.05) is 0 Å². The van der Waals surface area contributed by atoms with E-state index in [-0.39, 0.29) is 12.8 Å². The van der Waals surface area contributed by atoms with Crippen molar-refractivity contribution in [3.05, 3.63) is 0 Å². The Bertz CT molecular complexity index is 335. The number of nitrogens with one attached hydrogen (secondary N) is 1. The van der Waals surface area contributed by atoms with Crippen LogP contribution < -0.4 is 5.32 Å². The fraction of sp³-hybridized carbons (Fsp3) is 0.818. The van der Waals surface area contributed by atoms with E-state index in [4.69, 9.17) is 5.26 Å². The highest BCUT2D eigenvalue weighted by Crippen LogP contribution is 2.44. The molecule has 0 aliphatic heterocycles. The summed E-state index contributed by atoms with van der Waals surface area (Å²) in [6.45, 7) is 1.79. The molecule has 0 aromatic rings. The van der Waals surface area contributed by atoms with Gasteiger partial charge >= 0.3 is 5.92 Å². The molecule has 1 atom stereocenters. The van der Waals surface area contributed by atoms with Gasteiger partial charge in [0, 0.05) is 0 Å². The van der Waals surface area contributed by atoms with Gasteiger partial charge in [0.25, 0.3) is 5.91 Å². The lowest BCUT2D eigenvalue weighted by Crippen LogP contribution is -2.61. The van der Waals surface area contributed by atoms with E-state index >= 15 is 0 Å². The molecule has 0 saturated heterocycles. The molecule has 0 heterocycles. The van der Waals surface area contributed by atoms with E-state index in [0.29, 0.717) is 19.3 Å². The van der Waals surface area contributed by atoms with E-state index in [1.165, 1.54) is 0 Å². The first kappa shape index (κ1) is 13.8. The van der Waals surface area contributed by atoms with E-state index in [9.17, 15) is 18.7 Å². The van der Waals surface area contributed by atoms with Crippen molar-refractivity contribution in [3.8, 4) is 6.07 Å². The molecule has 0 bridgehead atoms. The van der Waals surface area contributed by atoms with Crippen LogP contribution in [0.2, 0.25) is 0 Å². The summed E-state index contributed by atoms with van der Waals surface area (Å²) in [4.78, 5) is 11.4. The second-order valence-corrected chi connectivity index (χ2v) is 4.40. The van der Waals surface area contributed by atoms with Crippen LogP contribution in [0.5, 0.6) is 0 Å². The molecule has 0 aromatic heterocycles. The predicted molar refractivity (Wildman–Crippen MR) is 56.2 cm³/mol. The van der Waals surface area contributed by atoms with Crippen LogP contribution in [0, 0.1) is 11.3 Å². The summed E-state index contributed by atoms with van der Waals surface area (Å²) >= 11 is 0. The SMILES string of the molecule is CCCC(C#N)NC(=O)C(F)(F)C1(O)CCC1. The minimum absolute atomic E-state index is 0.0849. The molecule has 1 aliphatic rings. The Morgan fingerprint density at radius 1 is 1.65 bits per heavy atom. The maximum Gasteiger partial charge on any atom is 0.352 e. The van der Waals surface area contributed by atoms with Gasteiger partial charge in [-0.1, -0.05) is 13.3 Å². The zero-order valence-corrected chi connectivity index (χ0v) is 9.67. The van der Waals surface area contributed by atoms with Crippen molar-refractivity contribution < 1.29 is 18.7 Å². The summed E-state index contributed by atoms with van der Waals surface area (Å²) in [7, 11) is 0. The molecule has 1 unspecified atom stereocenters. The van der Waals surface area contributed by atoms with Crippen molar-refractivity contribution in [2.45, 2.75) is 56.6 Å². The minimum atomic E-state index is -3.83. The third-order valence-electron chi connectivity index (χ3n) is 3.09. The van der Waals surface area contributed by atoms with Gasteiger partial charge in [-0.2, -0.15) is 14.0 Å². The monoisotopic (exact) mass is 246 g/mol. The first-order valence-corrected chi connectivity index (χ1v) is 5.68. The summed E-state index contributed by atoms with van der Waals surface area (Å²) in [5.74, 6) is -5.38. The molecule has 1 fully saturated rings. The number of aliphatic hydroxyl groups is 1. The number of amides is 1. The van der Waals surface area contributed by atoms with Crippen LogP contribution in [0.1, 0.15) is 39.0 Å². The highest BCUT2D eigenvalue weighted by Gasteiger charge is 2.61. The molecule has 17 heavy (non-hydrogen) atoms. The summed E-state index contributed by atoms with van der Waals surface area (Å²) in [5.41, 5.74) is -2.23. The van der Waals surface area contributed by atoms with Gasteiger partial charge in [0.05, 0.1) is 6.07 Å². The number of carbonyl (C=O) groups is 1. The quantitative estimate of drug-likeness (QED) is 0.769. The van der Waals surface area contributed by atoms with Gasteiger partial charge < -0.3 is 10.4 Å². The zero-order chi connectivity index (χ0) is 13.1. The Labute approximate surface area is 98.6 Å². The molecule has 1 rings (SSSR count). The van der Waals surface area contributed by atoms with Gasteiger partial charge in [-0.15, -0.1) is 0 Å². The topological polar surface area (TPSA) is 73.1 Å². The average Bonchev–Trinajstić information content (AvgIpc) is 2.24. The van der Waals surface area contributed by atoms with Crippen LogP contribution in [0.4, 0.5) is 8.78 Å². The molecule has 0 aromatic carbocycles. The molecule has 1 saturated carbocycles. The van der Waals surface area contributed by atoms with Crippen LogP contribution >= 0.6 is 0 Å². The van der Waals surface area contributed by atoms with Crippen LogP contribution in [-0.2, 0) is 4.79 Å². The number of alkyl halides is 2. The van der Waals surface area contributed by atoms with Crippen LogP contribution in [0.15, 0.2) is 0 Å². The molecule has 6 heteroatoms. The maximum atomic E-state index is 13.6. The molecule has 4 nitrogen and oxygen atoms in total. The lowest BCUT2D eigenvalue weighted by atomic mass is 9.75. The minimum Gasteiger partial charge on any atom is -0.383 e. The van der Waals surface area contributed by atoms with Gasteiger partial charge in [0.2, 0.25) is 0 Å². The summed E-state index contributed by atoms with van der Waals surface area (Å²) < 4.78 is 27.2. The van der Waals surface area contributed by atoms with Crippen LogP contribution in [0.25, 0.3) is 0 Å². The van der Waals surface area contributed by atoms with Crippen molar-refractivity contribution in [1.82, 2.24) is 5.32 Å². The Morgan fingerprint density at radius 2 is 2.24 bits per heavy atom. The van der Waals surface area contributed by atoms with Gasteiger partial charge in [0.1, 0.15) is 11.6 Å². The van der Waals surface area contributed by atoms with Gasteiger partial charge in [-0.3, -0.25) is 4.79 Å². The molecular weight excluding hydrogens is 230 g/mol. The number of rotatable bonds is 5. The highest BCUT2D eigenvalue weighted by molar-refractivity contribution is 5.85. The molecular formula is C11H16F2N2O2. The largest absolute Gasteiger partial charge is 0.383 e. The number of hydrogen-bond acceptors (Lipinski definition) is 3. The van der Waals surface area contributed by atoms with Gasteiger partial charge in [-0.05, 0) is 25.7 Å². The number of nitriles is 1. The number of nitrogens with zero attached hydrogens (tertiary/aromatic N) is 1. The molecule has 0 spiro atoms. The third kappa shape index (κ3) is 2.55. The van der Waals surface area contributed by atoms with Crippen molar-refractivity contribution in [2.24, 2.45) is 0 Å². The number of carbonyl (C=O) groups excluding carboxylic acids is 1. The summed E-state index contributed by atoms with van der Waals surface area (Å²) in [6, 6.07) is 0.818. The normalized spacial score (nSPS) is 19.9. The average molecular weight is 246 g/mol. The third-order valence-corrected chi connectivity index (χ3v) is 3.09. The smallest absolute Gasteiger partial charge is 0.352 e.